The largest absolute Gasteiger partial charge is 0.355 e. The second-order valence-electron chi connectivity index (χ2n) is 6.71. The van der Waals surface area contributed by atoms with Crippen LogP contribution in [0.15, 0.2) is 71.4 Å². The lowest BCUT2D eigenvalue weighted by Gasteiger charge is -2.22. The first kappa shape index (κ1) is 15.7. The molecular formula is C21H16N4O2. The standard InChI is InChI=1S/C21H16N4O2/c26-17-12-21(13-23-17,15-7-2-1-3-8-15)20-24-19(25-27-20)18-16-9-5-4-6-14(16)10-11-22-18/h1-11H,12-13H2,(H,23,26). The minimum absolute atomic E-state index is 0.0260. The van der Waals surface area contributed by atoms with Gasteiger partial charge in [-0.1, -0.05) is 59.8 Å². The van der Waals surface area contributed by atoms with E-state index in [4.69, 9.17) is 4.52 Å². The third-order valence-corrected chi connectivity index (χ3v) is 5.10. The summed E-state index contributed by atoms with van der Waals surface area (Å²) in [7, 11) is 0. The average Bonchev–Trinajstić information content (AvgIpc) is 3.36. The lowest BCUT2D eigenvalue weighted by atomic mass is 9.79. The van der Waals surface area contributed by atoms with E-state index in [9.17, 15) is 4.79 Å². The summed E-state index contributed by atoms with van der Waals surface area (Å²) in [6.45, 7) is 0.431. The number of nitrogens with one attached hydrogen (secondary N) is 1. The predicted octanol–water partition coefficient (Wildman–Crippen LogP) is 3.09. The van der Waals surface area contributed by atoms with Crippen LogP contribution >= 0.6 is 0 Å². The maximum absolute atomic E-state index is 12.0. The van der Waals surface area contributed by atoms with Crippen molar-refractivity contribution < 1.29 is 9.32 Å². The van der Waals surface area contributed by atoms with E-state index in [1.54, 1.807) is 6.20 Å². The van der Waals surface area contributed by atoms with Gasteiger partial charge in [-0.05, 0) is 17.0 Å². The molecule has 1 saturated heterocycles. The van der Waals surface area contributed by atoms with Crippen LogP contribution in [0.1, 0.15) is 17.9 Å². The van der Waals surface area contributed by atoms with Gasteiger partial charge in [0.1, 0.15) is 11.1 Å². The van der Waals surface area contributed by atoms with E-state index in [1.807, 2.05) is 60.7 Å². The summed E-state index contributed by atoms with van der Waals surface area (Å²) in [5, 5.41) is 9.11. The zero-order valence-electron chi connectivity index (χ0n) is 14.4. The van der Waals surface area contributed by atoms with Gasteiger partial charge >= 0.3 is 0 Å². The van der Waals surface area contributed by atoms with Crippen LogP contribution in [0.4, 0.5) is 0 Å². The van der Waals surface area contributed by atoms with E-state index < -0.39 is 5.41 Å². The number of fused-ring (bicyclic) bond motifs is 1. The molecule has 2 aromatic carbocycles. The molecule has 0 saturated carbocycles. The number of benzene rings is 2. The van der Waals surface area contributed by atoms with Crippen LogP contribution in [0, 0.1) is 0 Å². The van der Waals surface area contributed by atoms with Gasteiger partial charge in [0.05, 0.1) is 0 Å². The van der Waals surface area contributed by atoms with Crippen molar-refractivity contribution in [2.75, 3.05) is 6.54 Å². The fraction of sp³-hybridized carbons (Fsp3) is 0.143. The van der Waals surface area contributed by atoms with Crippen molar-refractivity contribution in [3.05, 3.63) is 78.3 Å². The molecule has 2 aromatic heterocycles. The molecular weight excluding hydrogens is 340 g/mol. The lowest BCUT2D eigenvalue weighted by Crippen LogP contribution is -2.30. The Bertz CT molecular complexity index is 1130. The van der Waals surface area contributed by atoms with Gasteiger partial charge in [0.25, 0.3) is 0 Å². The number of hydrogen-bond donors (Lipinski definition) is 1. The normalized spacial score (nSPS) is 19.3. The Hall–Kier alpha value is -3.54. The van der Waals surface area contributed by atoms with Gasteiger partial charge in [0.2, 0.25) is 17.6 Å². The third-order valence-electron chi connectivity index (χ3n) is 5.10. The zero-order valence-corrected chi connectivity index (χ0v) is 14.4. The Balaban J connectivity index is 1.65. The van der Waals surface area contributed by atoms with Gasteiger partial charge in [-0.2, -0.15) is 4.98 Å². The van der Waals surface area contributed by atoms with Crippen LogP contribution in [-0.4, -0.2) is 27.6 Å². The summed E-state index contributed by atoms with van der Waals surface area (Å²) < 4.78 is 5.66. The quantitative estimate of drug-likeness (QED) is 0.610. The zero-order chi connectivity index (χ0) is 18.3. The molecule has 3 heterocycles. The van der Waals surface area contributed by atoms with Crippen LogP contribution in [0.3, 0.4) is 0 Å². The molecule has 1 amide bonds. The Kier molecular flexibility index (Phi) is 3.50. The fourth-order valence-electron chi connectivity index (χ4n) is 3.70. The van der Waals surface area contributed by atoms with Crippen molar-refractivity contribution in [1.82, 2.24) is 20.4 Å². The smallest absolute Gasteiger partial charge is 0.239 e. The average molecular weight is 356 g/mol. The monoisotopic (exact) mass is 356 g/mol. The number of pyridine rings is 1. The second-order valence-corrected chi connectivity index (χ2v) is 6.71. The first-order valence-corrected chi connectivity index (χ1v) is 8.77. The van der Waals surface area contributed by atoms with Crippen LogP contribution in [0.25, 0.3) is 22.3 Å². The Morgan fingerprint density at radius 2 is 1.81 bits per heavy atom. The van der Waals surface area contributed by atoms with Crippen molar-refractivity contribution in [3.63, 3.8) is 0 Å². The summed E-state index contributed by atoms with van der Waals surface area (Å²) >= 11 is 0. The van der Waals surface area contributed by atoms with Crippen molar-refractivity contribution in [2.45, 2.75) is 11.8 Å². The highest BCUT2D eigenvalue weighted by Gasteiger charge is 2.46. The van der Waals surface area contributed by atoms with Gasteiger partial charge in [-0.3, -0.25) is 9.78 Å². The molecule has 0 bridgehead atoms. The van der Waals surface area contributed by atoms with Gasteiger partial charge in [-0.25, -0.2) is 0 Å². The molecule has 0 spiro atoms. The van der Waals surface area contributed by atoms with E-state index in [0.717, 1.165) is 16.3 Å². The predicted molar refractivity (Wildman–Crippen MR) is 99.9 cm³/mol. The van der Waals surface area contributed by atoms with Crippen molar-refractivity contribution in [2.24, 2.45) is 0 Å². The number of carbonyl (C=O) groups is 1. The first-order chi connectivity index (χ1) is 13.3. The van der Waals surface area contributed by atoms with Crippen LogP contribution in [0.5, 0.6) is 0 Å². The Morgan fingerprint density at radius 1 is 1.00 bits per heavy atom. The van der Waals surface area contributed by atoms with Crippen LogP contribution < -0.4 is 5.32 Å². The van der Waals surface area contributed by atoms with Gasteiger partial charge in [0, 0.05) is 24.5 Å². The molecule has 1 aliphatic heterocycles. The van der Waals surface area contributed by atoms with Crippen molar-refractivity contribution in [1.29, 1.82) is 0 Å². The minimum Gasteiger partial charge on any atom is -0.355 e. The summed E-state index contributed by atoms with van der Waals surface area (Å²) in [6.07, 6.45) is 2.02. The highest BCUT2D eigenvalue weighted by molar-refractivity contribution is 5.92. The number of hydrogen-bond acceptors (Lipinski definition) is 5. The number of nitrogens with zero attached hydrogens (tertiary/aromatic N) is 3. The van der Waals surface area contributed by atoms with E-state index in [2.05, 4.69) is 20.4 Å². The first-order valence-electron chi connectivity index (χ1n) is 8.77. The number of amides is 1. The van der Waals surface area contributed by atoms with Crippen molar-refractivity contribution in [3.8, 4) is 11.5 Å². The molecule has 0 radical (unpaired) electrons. The van der Waals surface area contributed by atoms with Gasteiger partial charge in [0.15, 0.2) is 0 Å². The molecule has 132 valence electrons. The molecule has 4 aromatic rings. The summed E-state index contributed by atoms with van der Waals surface area (Å²) in [5.74, 6) is 0.829. The molecule has 5 rings (SSSR count). The number of aromatic nitrogens is 3. The molecule has 6 heteroatoms. The molecule has 6 nitrogen and oxygen atoms in total. The highest BCUT2D eigenvalue weighted by atomic mass is 16.5. The highest BCUT2D eigenvalue weighted by Crippen LogP contribution is 2.38. The molecule has 27 heavy (non-hydrogen) atoms. The number of carbonyl (C=O) groups excluding carboxylic acids is 1. The topological polar surface area (TPSA) is 80.9 Å². The maximum Gasteiger partial charge on any atom is 0.239 e. The van der Waals surface area contributed by atoms with Gasteiger partial charge in [-0.15, -0.1) is 0 Å². The second kappa shape index (κ2) is 6.02. The molecule has 0 aliphatic carbocycles. The summed E-state index contributed by atoms with van der Waals surface area (Å²) in [6, 6.07) is 19.7. The molecule has 1 N–H and O–H groups in total. The summed E-state index contributed by atoms with van der Waals surface area (Å²) in [4.78, 5) is 21.2. The third kappa shape index (κ3) is 2.49. The summed E-state index contributed by atoms with van der Waals surface area (Å²) in [5.41, 5.74) is 0.988. The number of rotatable bonds is 3. The fourth-order valence-corrected chi connectivity index (χ4v) is 3.70. The SMILES string of the molecule is O=C1CC(c2ccccc2)(c2nc(-c3nccc4ccccc34)no2)CN1. The minimum atomic E-state index is -0.659. The van der Waals surface area contributed by atoms with Crippen LogP contribution in [-0.2, 0) is 10.2 Å². The molecule has 1 unspecified atom stereocenters. The molecule has 1 aliphatic rings. The molecule has 1 atom stereocenters. The lowest BCUT2D eigenvalue weighted by molar-refractivity contribution is -0.119. The van der Waals surface area contributed by atoms with E-state index in [1.165, 1.54) is 0 Å². The Labute approximate surface area is 155 Å². The van der Waals surface area contributed by atoms with Crippen molar-refractivity contribution >= 4 is 16.7 Å². The van der Waals surface area contributed by atoms with E-state index >= 15 is 0 Å². The van der Waals surface area contributed by atoms with E-state index in [-0.39, 0.29) is 12.3 Å². The van der Waals surface area contributed by atoms with E-state index in [0.29, 0.717) is 24.0 Å². The Morgan fingerprint density at radius 3 is 2.63 bits per heavy atom. The molecule has 1 fully saturated rings. The maximum atomic E-state index is 12.0. The van der Waals surface area contributed by atoms with Gasteiger partial charge < -0.3 is 9.84 Å². The van der Waals surface area contributed by atoms with Crippen LogP contribution in [0.2, 0.25) is 0 Å².